The summed E-state index contributed by atoms with van der Waals surface area (Å²) in [5.41, 5.74) is -0.120. The number of aromatic nitrogens is 1. The van der Waals surface area contributed by atoms with Gasteiger partial charge in [0.15, 0.2) is 0 Å². The molecule has 1 rings (SSSR count). The van der Waals surface area contributed by atoms with Crippen LogP contribution in [-0.4, -0.2) is 28.2 Å². The molecule has 0 aliphatic heterocycles. The summed E-state index contributed by atoms with van der Waals surface area (Å²) in [4.78, 5) is 22.6. The third kappa shape index (κ3) is 4.27. The standard InChI is InChI=1S/C11H16N2O3/c1-9(14)8-12-10(15)5-7-13-6-3-2-4-11(13)16/h2-4,6,9,14H,5,7-8H2,1H3,(H,12,15). The number of nitrogens with one attached hydrogen (secondary N) is 1. The maximum atomic E-state index is 11.3. The minimum atomic E-state index is -0.552. The van der Waals surface area contributed by atoms with E-state index >= 15 is 0 Å². The van der Waals surface area contributed by atoms with Crippen LogP contribution in [0.1, 0.15) is 13.3 Å². The zero-order chi connectivity index (χ0) is 12.0. The molecule has 1 unspecified atom stereocenters. The van der Waals surface area contributed by atoms with E-state index in [0.717, 1.165) is 0 Å². The Morgan fingerprint density at radius 2 is 2.31 bits per heavy atom. The largest absolute Gasteiger partial charge is 0.392 e. The van der Waals surface area contributed by atoms with Gasteiger partial charge < -0.3 is 15.0 Å². The first-order valence-corrected chi connectivity index (χ1v) is 5.20. The van der Waals surface area contributed by atoms with Crippen LogP contribution in [0.3, 0.4) is 0 Å². The van der Waals surface area contributed by atoms with Gasteiger partial charge in [-0.25, -0.2) is 0 Å². The average molecular weight is 224 g/mol. The van der Waals surface area contributed by atoms with Gasteiger partial charge in [-0.1, -0.05) is 6.07 Å². The molecule has 0 saturated heterocycles. The Bertz CT molecular complexity index is 398. The van der Waals surface area contributed by atoms with Crippen molar-refractivity contribution in [2.24, 2.45) is 0 Å². The first kappa shape index (κ1) is 12.4. The number of hydrogen-bond acceptors (Lipinski definition) is 3. The van der Waals surface area contributed by atoms with Crippen molar-refractivity contribution in [2.75, 3.05) is 6.54 Å². The minimum Gasteiger partial charge on any atom is -0.392 e. The second-order valence-corrected chi connectivity index (χ2v) is 3.64. The van der Waals surface area contributed by atoms with Crippen LogP contribution in [0.25, 0.3) is 0 Å². The van der Waals surface area contributed by atoms with Gasteiger partial charge in [0, 0.05) is 31.8 Å². The van der Waals surface area contributed by atoms with Gasteiger partial charge in [0.2, 0.25) is 5.91 Å². The van der Waals surface area contributed by atoms with E-state index in [0.29, 0.717) is 6.54 Å². The van der Waals surface area contributed by atoms with Crippen LogP contribution in [0.5, 0.6) is 0 Å². The van der Waals surface area contributed by atoms with E-state index in [1.807, 2.05) is 0 Å². The number of pyridine rings is 1. The molecule has 1 aromatic heterocycles. The van der Waals surface area contributed by atoms with Crippen molar-refractivity contribution in [1.29, 1.82) is 0 Å². The highest BCUT2D eigenvalue weighted by atomic mass is 16.3. The number of rotatable bonds is 5. The molecule has 1 atom stereocenters. The number of aliphatic hydroxyl groups is 1. The molecule has 0 aliphatic rings. The Morgan fingerprint density at radius 1 is 1.56 bits per heavy atom. The summed E-state index contributed by atoms with van der Waals surface area (Å²) in [6.45, 7) is 2.19. The van der Waals surface area contributed by atoms with E-state index in [9.17, 15) is 9.59 Å². The van der Waals surface area contributed by atoms with Crippen molar-refractivity contribution in [3.8, 4) is 0 Å². The molecule has 0 fully saturated rings. The van der Waals surface area contributed by atoms with Gasteiger partial charge in [-0.3, -0.25) is 9.59 Å². The van der Waals surface area contributed by atoms with Crippen molar-refractivity contribution in [3.63, 3.8) is 0 Å². The summed E-state index contributed by atoms with van der Waals surface area (Å²) in [6, 6.07) is 4.86. The summed E-state index contributed by atoms with van der Waals surface area (Å²) in [7, 11) is 0. The predicted octanol–water partition coefficient (Wildman–Crippen LogP) is -0.265. The van der Waals surface area contributed by atoms with E-state index in [-0.39, 0.29) is 24.4 Å². The smallest absolute Gasteiger partial charge is 0.250 e. The first-order valence-electron chi connectivity index (χ1n) is 5.20. The van der Waals surface area contributed by atoms with E-state index in [4.69, 9.17) is 5.11 Å². The zero-order valence-corrected chi connectivity index (χ0v) is 9.22. The van der Waals surface area contributed by atoms with Gasteiger partial charge in [-0.15, -0.1) is 0 Å². The summed E-state index contributed by atoms with van der Waals surface area (Å²) in [5, 5.41) is 11.5. The second kappa shape index (κ2) is 6.07. The maximum absolute atomic E-state index is 11.3. The SMILES string of the molecule is CC(O)CNC(=O)CCn1ccccc1=O. The Hall–Kier alpha value is -1.62. The van der Waals surface area contributed by atoms with Gasteiger partial charge >= 0.3 is 0 Å². The summed E-state index contributed by atoms with van der Waals surface area (Å²) in [5.74, 6) is -0.170. The van der Waals surface area contributed by atoms with E-state index in [2.05, 4.69) is 5.32 Å². The Labute approximate surface area is 93.7 Å². The molecule has 0 bridgehead atoms. The highest BCUT2D eigenvalue weighted by molar-refractivity contribution is 5.75. The van der Waals surface area contributed by atoms with Crippen molar-refractivity contribution in [3.05, 3.63) is 34.7 Å². The van der Waals surface area contributed by atoms with Crippen molar-refractivity contribution < 1.29 is 9.90 Å². The van der Waals surface area contributed by atoms with Crippen LogP contribution in [-0.2, 0) is 11.3 Å². The molecule has 0 radical (unpaired) electrons. The summed E-state index contributed by atoms with van der Waals surface area (Å²) in [6.07, 6.45) is 1.32. The molecule has 0 saturated carbocycles. The van der Waals surface area contributed by atoms with E-state index in [1.165, 1.54) is 10.6 Å². The molecule has 1 heterocycles. The topological polar surface area (TPSA) is 71.3 Å². The Balaban J connectivity index is 2.38. The second-order valence-electron chi connectivity index (χ2n) is 3.64. The van der Waals surface area contributed by atoms with Gasteiger partial charge in [0.1, 0.15) is 0 Å². The number of nitrogens with zero attached hydrogens (tertiary/aromatic N) is 1. The highest BCUT2D eigenvalue weighted by Crippen LogP contribution is 1.88. The van der Waals surface area contributed by atoms with Crippen molar-refractivity contribution in [1.82, 2.24) is 9.88 Å². The summed E-state index contributed by atoms with van der Waals surface area (Å²) >= 11 is 0. The molecule has 16 heavy (non-hydrogen) atoms. The third-order valence-corrected chi connectivity index (χ3v) is 2.07. The number of aryl methyl sites for hydroxylation is 1. The fourth-order valence-corrected chi connectivity index (χ4v) is 1.22. The zero-order valence-electron chi connectivity index (χ0n) is 9.22. The fraction of sp³-hybridized carbons (Fsp3) is 0.455. The van der Waals surface area contributed by atoms with Crippen LogP contribution in [0, 0.1) is 0 Å². The lowest BCUT2D eigenvalue weighted by Gasteiger charge is -2.07. The highest BCUT2D eigenvalue weighted by Gasteiger charge is 2.03. The molecule has 0 aliphatic carbocycles. The number of hydrogen-bond donors (Lipinski definition) is 2. The lowest BCUT2D eigenvalue weighted by molar-refractivity contribution is -0.121. The van der Waals surface area contributed by atoms with Gasteiger partial charge in [0.05, 0.1) is 6.10 Å². The normalized spacial score (nSPS) is 12.1. The van der Waals surface area contributed by atoms with Crippen LogP contribution in [0.4, 0.5) is 0 Å². The molecule has 0 spiro atoms. The molecule has 88 valence electrons. The van der Waals surface area contributed by atoms with Crippen LogP contribution >= 0.6 is 0 Å². The van der Waals surface area contributed by atoms with E-state index < -0.39 is 6.10 Å². The van der Waals surface area contributed by atoms with Gasteiger partial charge in [-0.05, 0) is 13.0 Å². The summed E-state index contributed by atoms with van der Waals surface area (Å²) < 4.78 is 1.47. The fourth-order valence-electron chi connectivity index (χ4n) is 1.22. The third-order valence-electron chi connectivity index (χ3n) is 2.07. The molecule has 1 aromatic rings. The molecule has 1 amide bonds. The number of amides is 1. The van der Waals surface area contributed by atoms with E-state index in [1.54, 1.807) is 25.3 Å². The van der Waals surface area contributed by atoms with Crippen molar-refractivity contribution >= 4 is 5.91 Å². The lowest BCUT2D eigenvalue weighted by atomic mass is 10.3. The van der Waals surface area contributed by atoms with Gasteiger partial charge in [-0.2, -0.15) is 0 Å². The molecule has 5 heteroatoms. The quantitative estimate of drug-likeness (QED) is 0.723. The van der Waals surface area contributed by atoms with Crippen molar-refractivity contribution in [2.45, 2.75) is 26.0 Å². The van der Waals surface area contributed by atoms with Gasteiger partial charge in [0.25, 0.3) is 5.56 Å². The average Bonchev–Trinajstić information content (AvgIpc) is 2.25. The maximum Gasteiger partial charge on any atom is 0.250 e. The number of carbonyl (C=O) groups is 1. The number of aliphatic hydroxyl groups excluding tert-OH is 1. The minimum absolute atomic E-state index is 0.120. The Morgan fingerprint density at radius 3 is 2.94 bits per heavy atom. The molecular formula is C11H16N2O3. The molecule has 0 aromatic carbocycles. The monoisotopic (exact) mass is 224 g/mol. The first-order chi connectivity index (χ1) is 7.59. The Kier molecular flexibility index (Phi) is 4.72. The van der Waals surface area contributed by atoms with Crippen LogP contribution < -0.4 is 10.9 Å². The van der Waals surface area contributed by atoms with Crippen LogP contribution in [0.15, 0.2) is 29.2 Å². The molecule has 2 N–H and O–H groups in total. The molecule has 5 nitrogen and oxygen atoms in total. The van der Waals surface area contributed by atoms with Crippen LogP contribution in [0.2, 0.25) is 0 Å². The molecular weight excluding hydrogens is 208 g/mol. The number of carbonyl (C=O) groups excluding carboxylic acids is 1. The predicted molar refractivity (Wildman–Crippen MR) is 60.0 cm³/mol. The lowest BCUT2D eigenvalue weighted by Crippen LogP contribution is -2.32.